The minimum Gasteiger partial charge on any atom is -0.372 e. The summed E-state index contributed by atoms with van der Waals surface area (Å²) in [7, 11) is -6.88. The summed E-state index contributed by atoms with van der Waals surface area (Å²) in [4.78, 5) is 0.259. The van der Waals surface area contributed by atoms with E-state index in [0.29, 0.717) is 32.7 Å². The van der Waals surface area contributed by atoms with Gasteiger partial charge in [-0.25, -0.2) is 21.1 Å². The highest BCUT2D eigenvalue weighted by atomic mass is 32.2. The zero-order valence-electron chi connectivity index (χ0n) is 13.9. The number of hydrogen-bond donors (Lipinski definition) is 0. The van der Waals surface area contributed by atoms with Gasteiger partial charge >= 0.3 is 0 Å². The highest BCUT2D eigenvalue weighted by Gasteiger charge is 2.41. The highest BCUT2D eigenvalue weighted by molar-refractivity contribution is 7.90. The van der Waals surface area contributed by atoms with Crippen LogP contribution >= 0.6 is 0 Å². The molecule has 0 N–H and O–H groups in total. The van der Waals surface area contributed by atoms with E-state index in [1.54, 1.807) is 18.2 Å². The van der Waals surface area contributed by atoms with E-state index in [-0.39, 0.29) is 23.2 Å². The standard InChI is InChI=1S/C16H22N2O5S2/c19-24(20,15-4-5-15)17-6-1-7-18(9-8-17)25(21,22)16-3-2-13-11-23-12-14(13)10-16/h2-3,10,15H,1,4-9,11-12H2. The van der Waals surface area contributed by atoms with Crippen LogP contribution in [0.4, 0.5) is 0 Å². The predicted octanol–water partition coefficient (Wildman–Crippen LogP) is 0.905. The fourth-order valence-corrected chi connectivity index (χ4v) is 6.79. The van der Waals surface area contributed by atoms with Crippen molar-refractivity contribution in [3.63, 3.8) is 0 Å². The van der Waals surface area contributed by atoms with Gasteiger partial charge in [-0.2, -0.15) is 4.31 Å². The Morgan fingerprint density at radius 2 is 1.56 bits per heavy atom. The summed E-state index contributed by atoms with van der Waals surface area (Å²) < 4.78 is 58.9. The third kappa shape index (κ3) is 3.23. The van der Waals surface area contributed by atoms with Gasteiger partial charge in [0.25, 0.3) is 0 Å². The van der Waals surface area contributed by atoms with Crippen molar-refractivity contribution in [3.05, 3.63) is 29.3 Å². The summed E-state index contributed by atoms with van der Waals surface area (Å²) in [6.07, 6.45) is 1.95. The van der Waals surface area contributed by atoms with Crippen molar-refractivity contribution in [1.82, 2.24) is 8.61 Å². The molecule has 1 aromatic carbocycles. The number of rotatable bonds is 4. The largest absolute Gasteiger partial charge is 0.372 e. The van der Waals surface area contributed by atoms with Crippen molar-refractivity contribution in [1.29, 1.82) is 0 Å². The number of sulfonamides is 2. The molecule has 1 saturated heterocycles. The van der Waals surface area contributed by atoms with E-state index in [1.807, 2.05) is 0 Å². The van der Waals surface area contributed by atoms with Crippen molar-refractivity contribution < 1.29 is 21.6 Å². The minimum absolute atomic E-state index is 0.196. The minimum atomic E-state index is -3.62. The summed E-state index contributed by atoms with van der Waals surface area (Å²) in [5.41, 5.74) is 1.94. The molecule has 0 bridgehead atoms. The van der Waals surface area contributed by atoms with Crippen LogP contribution in [0.1, 0.15) is 30.4 Å². The molecule has 7 nitrogen and oxygen atoms in total. The highest BCUT2D eigenvalue weighted by Crippen LogP contribution is 2.32. The zero-order valence-corrected chi connectivity index (χ0v) is 15.6. The molecule has 2 heterocycles. The Hall–Kier alpha value is -1.00. The van der Waals surface area contributed by atoms with Crippen LogP contribution in [0.2, 0.25) is 0 Å². The molecule has 4 rings (SSSR count). The average molecular weight is 386 g/mol. The molecular weight excluding hydrogens is 364 g/mol. The molecule has 0 unspecified atom stereocenters. The number of nitrogens with zero attached hydrogens (tertiary/aromatic N) is 2. The van der Waals surface area contributed by atoms with Gasteiger partial charge in [-0.15, -0.1) is 0 Å². The summed E-state index contributed by atoms with van der Waals surface area (Å²) in [6.45, 7) is 2.11. The second kappa shape index (κ2) is 6.31. The molecular formula is C16H22N2O5S2. The van der Waals surface area contributed by atoms with E-state index in [4.69, 9.17) is 4.74 Å². The SMILES string of the molecule is O=S(=O)(c1ccc2c(c1)COC2)N1CCCN(S(=O)(=O)C2CC2)CC1. The molecule has 0 spiro atoms. The first kappa shape index (κ1) is 17.4. The maximum atomic E-state index is 13.0. The van der Waals surface area contributed by atoms with Crippen molar-refractivity contribution in [2.24, 2.45) is 0 Å². The van der Waals surface area contributed by atoms with Gasteiger partial charge in [0.05, 0.1) is 23.4 Å². The molecule has 0 radical (unpaired) electrons. The van der Waals surface area contributed by atoms with Crippen LogP contribution in [0.25, 0.3) is 0 Å². The van der Waals surface area contributed by atoms with Crippen LogP contribution in [0, 0.1) is 0 Å². The maximum absolute atomic E-state index is 13.0. The van der Waals surface area contributed by atoms with Crippen LogP contribution in [-0.4, -0.2) is 56.9 Å². The summed E-state index contributed by atoms with van der Waals surface area (Å²) in [5, 5.41) is -0.257. The molecule has 2 fully saturated rings. The Morgan fingerprint density at radius 1 is 0.880 bits per heavy atom. The molecule has 25 heavy (non-hydrogen) atoms. The smallest absolute Gasteiger partial charge is 0.243 e. The van der Waals surface area contributed by atoms with Gasteiger partial charge in [-0.1, -0.05) is 6.07 Å². The van der Waals surface area contributed by atoms with Crippen LogP contribution in [-0.2, 0) is 38.0 Å². The van der Waals surface area contributed by atoms with Gasteiger partial charge in [-0.3, -0.25) is 0 Å². The Kier molecular flexibility index (Phi) is 4.40. The molecule has 2 aliphatic heterocycles. The molecule has 138 valence electrons. The second-order valence-electron chi connectivity index (χ2n) is 6.82. The summed E-state index contributed by atoms with van der Waals surface area (Å²) >= 11 is 0. The number of benzene rings is 1. The van der Waals surface area contributed by atoms with Gasteiger partial charge in [0.2, 0.25) is 20.0 Å². The van der Waals surface area contributed by atoms with E-state index in [1.165, 1.54) is 8.61 Å². The lowest BCUT2D eigenvalue weighted by Crippen LogP contribution is -2.38. The predicted molar refractivity (Wildman–Crippen MR) is 91.8 cm³/mol. The van der Waals surface area contributed by atoms with E-state index in [9.17, 15) is 16.8 Å². The van der Waals surface area contributed by atoms with E-state index in [0.717, 1.165) is 24.0 Å². The third-order valence-corrected chi connectivity index (χ3v) is 9.34. The summed E-state index contributed by atoms with van der Waals surface area (Å²) in [5.74, 6) is 0. The Morgan fingerprint density at radius 3 is 2.32 bits per heavy atom. The Bertz CT molecular complexity index is 878. The molecule has 9 heteroatoms. The lowest BCUT2D eigenvalue weighted by atomic mass is 10.1. The quantitative estimate of drug-likeness (QED) is 0.768. The van der Waals surface area contributed by atoms with E-state index < -0.39 is 20.0 Å². The van der Waals surface area contributed by atoms with Crippen LogP contribution < -0.4 is 0 Å². The Labute approximate surface area is 148 Å². The fourth-order valence-electron chi connectivity index (χ4n) is 3.40. The average Bonchev–Trinajstić information content (AvgIpc) is 3.37. The molecule has 1 aliphatic carbocycles. The van der Waals surface area contributed by atoms with E-state index >= 15 is 0 Å². The van der Waals surface area contributed by atoms with Gasteiger partial charge in [0.15, 0.2) is 0 Å². The van der Waals surface area contributed by atoms with Crippen LogP contribution in [0.15, 0.2) is 23.1 Å². The van der Waals surface area contributed by atoms with Gasteiger partial charge in [0, 0.05) is 26.2 Å². The molecule has 0 aromatic heterocycles. The number of ether oxygens (including phenoxy) is 1. The van der Waals surface area contributed by atoms with Crippen molar-refractivity contribution in [3.8, 4) is 0 Å². The van der Waals surface area contributed by atoms with Gasteiger partial charge in [-0.05, 0) is 42.5 Å². The first-order valence-corrected chi connectivity index (χ1v) is 11.5. The molecule has 0 amide bonds. The molecule has 1 aromatic rings. The lowest BCUT2D eigenvalue weighted by Gasteiger charge is -2.22. The monoisotopic (exact) mass is 386 g/mol. The van der Waals surface area contributed by atoms with Gasteiger partial charge in [0.1, 0.15) is 0 Å². The van der Waals surface area contributed by atoms with Gasteiger partial charge < -0.3 is 4.74 Å². The second-order valence-corrected chi connectivity index (χ2v) is 11.0. The maximum Gasteiger partial charge on any atom is 0.243 e. The van der Waals surface area contributed by atoms with E-state index in [2.05, 4.69) is 0 Å². The summed E-state index contributed by atoms with van der Waals surface area (Å²) in [6, 6.07) is 5.10. The van der Waals surface area contributed by atoms with Crippen molar-refractivity contribution in [2.45, 2.75) is 42.6 Å². The zero-order chi connectivity index (χ0) is 17.7. The molecule has 3 aliphatic rings. The van der Waals surface area contributed by atoms with Crippen LogP contribution in [0.5, 0.6) is 0 Å². The van der Waals surface area contributed by atoms with Crippen molar-refractivity contribution >= 4 is 20.0 Å². The first-order valence-electron chi connectivity index (χ1n) is 8.58. The lowest BCUT2D eigenvalue weighted by molar-refractivity contribution is 0.134. The molecule has 1 saturated carbocycles. The number of hydrogen-bond acceptors (Lipinski definition) is 5. The Balaban J connectivity index is 1.53. The third-order valence-electron chi connectivity index (χ3n) is 5.05. The fraction of sp³-hybridized carbons (Fsp3) is 0.625. The normalized spacial score (nSPS) is 23.4. The van der Waals surface area contributed by atoms with Crippen molar-refractivity contribution in [2.75, 3.05) is 26.2 Å². The topological polar surface area (TPSA) is 84.0 Å². The van der Waals surface area contributed by atoms with Crippen LogP contribution in [0.3, 0.4) is 0 Å². The number of fused-ring (bicyclic) bond motifs is 1. The molecule has 0 atom stereocenters. The first-order chi connectivity index (χ1) is 11.9.